The lowest BCUT2D eigenvalue weighted by molar-refractivity contribution is -0.180. The van der Waals surface area contributed by atoms with Crippen molar-refractivity contribution >= 4 is 47.0 Å². The number of carbonyl (C=O) groups is 1. The lowest BCUT2D eigenvalue weighted by Gasteiger charge is -2.04. The van der Waals surface area contributed by atoms with Gasteiger partial charge in [-0.2, -0.15) is 0 Å². The van der Waals surface area contributed by atoms with Crippen LogP contribution in [0.4, 0.5) is 0 Å². The molecule has 0 aliphatic rings. The summed E-state index contributed by atoms with van der Waals surface area (Å²) >= 11 is 11.6. The summed E-state index contributed by atoms with van der Waals surface area (Å²) in [7, 11) is 0. The highest BCUT2D eigenvalue weighted by atomic mass is 35.5. The zero-order chi connectivity index (χ0) is 20.9. The first-order chi connectivity index (χ1) is 14.0. The van der Waals surface area contributed by atoms with E-state index in [1.54, 1.807) is 36.4 Å². The van der Waals surface area contributed by atoms with Gasteiger partial charge in [-0.3, -0.25) is 4.84 Å². The fourth-order valence-electron chi connectivity index (χ4n) is 1.95. The van der Waals surface area contributed by atoms with Crippen molar-refractivity contribution in [3.63, 3.8) is 0 Å². The van der Waals surface area contributed by atoms with Gasteiger partial charge in [0.2, 0.25) is 0 Å². The molecule has 0 amide bonds. The van der Waals surface area contributed by atoms with E-state index < -0.39 is 5.97 Å². The third kappa shape index (κ3) is 9.40. The van der Waals surface area contributed by atoms with Crippen LogP contribution in [0.3, 0.4) is 0 Å². The Hall–Kier alpha value is -2.64. The van der Waals surface area contributed by atoms with Crippen molar-refractivity contribution in [2.45, 2.75) is 6.92 Å². The Morgan fingerprint density at radius 1 is 0.931 bits per heavy atom. The monoisotopic (exact) mass is 434 g/mol. The van der Waals surface area contributed by atoms with Gasteiger partial charge < -0.3 is 9.68 Å². The number of nitrogens with one attached hydrogen (secondary N) is 1. The first-order valence-electron chi connectivity index (χ1n) is 8.63. The highest BCUT2D eigenvalue weighted by Crippen LogP contribution is 2.11. The van der Waals surface area contributed by atoms with E-state index in [0.29, 0.717) is 10.0 Å². The predicted molar refractivity (Wildman–Crippen MR) is 115 cm³/mol. The van der Waals surface area contributed by atoms with Gasteiger partial charge in [-0.1, -0.05) is 70.9 Å². The Morgan fingerprint density at radius 3 is 2.00 bits per heavy atom. The summed E-state index contributed by atoms with van der Waals surface area (Å²) in [5.41, 5.74) is 4.09. The zero-order valence-corrected chi connectivity index (χ0v) is 17.2. The fourth-order valence-corrected chi connectivity index (χ4v) is 2.21. The lowest BCUT2D eigenvalue weighted by Crippen LogP contribution is -2.25. The second-order valence-electron chi connectivity index (χ2n) is 5.66. The SMILES string of the molecule is CC(=NOC/C=C/c1ccc(Cl)cc1)C(=O)ONOC/C=C/c1ccc(Cl)cc1. The maximum absolute atomic E-state index is 11.7. The standard InChI is InChI=1S/C21H20Cl2N2O4/c1-16(24-27-14-2-4-17-6-10-19(22)11-7-17)21(26)29-25-28-15-3-5-18-8-12-20(23)13-9-18/h2-13,25H,14-15H2,1H3/b4-2+,5-3+,24-16?. The van der Waals surface area contributed by atoms with Gasteiger partial charge in [0, 0.05) is 10.0 Å². The normalized spacial score (nSPS) is 11.9. The Labute approximate surface area is 179 Å². The predicted octanol–water partition coefficient (Wildman–Crippen LogP) is 5.09. The molecule has 0 unspecified atom stereocenters. The zero-order valence-electron chi connectivity index (χ0n) is 15.7. The van der Waals surface area contributed by atoms with Crippen LogP contribution in [0.15, 0.2) is 65.8 Å². The summed E-state index contributed by atoms with van der Waals surface area (Å²) in [4.78, 5) is 26.4. The van der Waals surface area contributed by atoms with Crippen molar-refractivity contribution in [3.05, 3.63) is 81.9 Å². The van der Waals surface area contributed by atoms with Crippen LogP contribution < -0.4 is 5.64 Å². The van der Waals surface area contributed by atoms with E-state index in [-0.39, 0.29) is 18.9 Å². The fraction of sp³-hybridized carbons (Fsp3) is 0.143. The number of nitrogens with zero attached hydrogens (tertiary/aromatic N) is 1. The van der Waals surface area contributed by atoms with Gasteiger partial charge in [0.1, 0.15) is 6.61 Å². The quantitative estimate of drug-likeness (QED) is 0.320. The van der Waals surface area contributed by atoms with E-state index in [1.807, 2.05) is 36.4 Å². The molecule has 0 atom stereocenters. The van der Waals surface area contributed by atoms with Gasteiger partial charge >= 0.3 is 5.97 Å². The highest BCUT2D eigenvalue weighted by molar-refractivity contribution is 6.35. The summed E-state index contributed by atoms with van der Waals surface area (Å²) in [6.45, 7) is 1.86. The second kappa shape index (κ2) is 12.7. The van der Waals surface area contributed by atoms with Crippen molar-refractivity contribution in [1.29, 1.82) is 0 Å². The van der Waals surface area contributed by atoms with Crippen molar-refractivity contribution in [2.75, 3.05) is 13.2 Å². The molecule has 0 spiro atoms. The topological polar surface area (TPSA) is 69.2 Å². The maximum atomic E-state index is 11.7. The number of hydrogen-bond donors (Lipinski definition) is 1. The molecule has 0 radical (unpaired) electrons. The second-order valence-corrected chi connectivity index (χ2v) is 6.54. The largest absolute Gasteiger partial charge is 0.391 e. The molecule has 2 aromatic rings. The molecular weight excluding hydrogens is 415 g/mol. The molecule has 0 bridgehead atoms. The molecule has 2 rings (SSSR count). The van der Waals surface area contributed by atoms with Gasteiger partial charge in [0.25, 0.3) is 0 Å². The number of rotatable bonds is 10. The minimum absolute atomic E-state index is 0.0395. The van der Waals surface area contributed by atoms with Crippen LogP contribution in [0, 0.1) is 0 Å². The van der Waals surface area contributed by atoms with Gasteiger partial charge in [-0.05, 0) is 54.0 Å². The molecule has 0 aliphatic heterocycles. The summed E-state index contributed by atoms with van der Waals surface area (Å²) in [5, 5.41) is 5.03. The Bertz CT molecular complexity index is 863. The van der Waals surface area contributed by atoms with Crippen LogP contribution in [-0.4, -0.2) is 24.9 Å². The van der Waals surface area contributed by atoms with E-state index in [1.165, 1.54) is 6.92 Å². The molecule has 1 N–H and O–H groups in total. The van der Waals surface area contributed by atoms with Gasteiger partial charge in [-0.25, -0.2) is 4.79 Å². The first kappa shape index (κ1) is 22.6. The minimum Gasteiger partial charge on any atom is -0.391 e. The molecule has 6 nitrogen and oxygen atoms in total. The van der Waals surface area contributed by atoms with Gasteiger partial charge in [0.05, 0.1) is 6.61 Å². The number of oxime groups is 1. The minimum atomic E-state index is -0.714. The van der Waals surface area contributed by atoms with Crippen LogP contribution in [0.25, 0.3) is 12.2 Å². The molecule has 0 heterocycles. The van der Waals surface area contributed by atoms with Crippen LogP contribution in [-0.2, 0) is 19.3 Å². The Kier molecular flexibility index (Phi) is 9.95. The van der Waals surface area contributed by atoms with Crippen molar-refractivity contribution in [1.82, 2.24) is 5.64 Å². The molecule has 0 aromatic heterocycles. The Morgan fingerprint density at radius 2 is 1.45 bits per heavy atom. The highest BCUT2D eigenvalue weighted by Gasteiger charge is 2.08. The van der Waals surface area contributed by atoms with Gasteiger partial charge in [-0.15, -0.1) is 0 Å². The first-order valence-corrected chi connectivity index (χ1v) is 9.39. The van der Waals surface area contributed by atoms with E-state index in [0.717, 1.165) is 11.1 Å². The summed E-state index contributed by atoms with van der Waals surface area (Å²) < 4.78 is 0. The summed E-state index contributed by atoms with van der Waals surface area (Å²) in [5.74, 6) is -0.714. The average molecular weight is 435 g/mol. The van der Waals surface area contributed by atoms with Crippen LogP contribution in [0.2, 0.25) is 10.0 Å². The molecule has 0 aliphatic carbocycles. The summed E-state index contributed by atoms with van der Waals surface area (Å²) in [6.07, 6.45) is 7.21. The van der Waals surface area contributed by atoms with Crippen LogP contribution in [0.5, 0.6) is 0 Å². The molecular formula is C21H20Cl2N2O4. The molecule has 2 aromatic carbocycles. The molecule has 29 heavy (non-hydrogen) atoms. The molecule has 152 valence electrons. The average Bonchev–Trinajstić information content (AvgIpc) is 2.72. The van der Waals surface area contributed by atoms with Gasteiger partial charge in [0.15, 0.2) is 5.71 Å². The smallest absolute Gasteiger partial charge is 0.376 e. The maximum Gasteiger partial charge on any atom is 0.376 e. The summed E-state index contributed by atoms with van der Waals surface area (Å²) in [6, 6.07) is 14.7. The molecule has 0 saturated carbocycles. The van der Waals surface area contributed by atoms with Crippen molar-refractivity contribution in [2.24, 2.45) is 5.16 Å². The number of hydrogen-bond acceptors (Lipinski definition) is 6. The van der Waals surface area contributed by atoms with E-state index in [2.05, 4.69) is 10.8 Å². The van der Waals surface area contributed by atoms with E-state index in [9.17, 15) is 4.79 Å². The van der Waals surface area contributed by atoms with E-state index in [4.69, 9.17) is 37.7 Å². The number of carbonyl (C=O) groups excluding carboxylic acids is 1. The number of halogens is 2. The lowest BCUT2D eigenvalue weighted by atomic mass is 10.2. The van der Waals surface area contributed by atoms with Crippen molar-refractivity contribution in [3.8, 4) is 0 Å². The van der Waals surface area contributed by atoms with Crippen molar-refractivity contribution < 1.29 is 19.3 Å². The van der Waals surface area contributed by atoms with Crippen LogP contribution in [0.1, 0.15) is 18.1 Å². The van der Waals surface area contributed by atoms with E-state index >= 15 is 0 Å². The third-order valence-corrected chi connectivity index (χ3v) is 3.91. The third-order valence-electron chi connectivity index (χ3n) is 3.40. The van der Waals surface area contributed by atoms with Crippen LogP contribution >= 0.6 is 23.2 Å². The molecule has 0 fully saturated rings. The Balaban J connectivity index is 1.60. The molecule has 8 heteroatoms. The molecule has 0 saturated heterocycles. The number of benzene rings is 2.